The monoisotopic (exact) mass is 294 g/mol. The van der Waals surface area contributed by atoms with Crippen LogP contribution in [-0.2, 0) is 0 Å². The van der Waals surface area contributed by atoms with Crippen molar-refractivity contribution in [2.24, 2.45) is 0 Å². The number of carbonyl (C=O) groups is 1. The van der Waals surface area contributed by atoms with Gasteiger partial charge in [0, 0.05) is 17.0 Å². The van der Waals surface area contributed by atoms with E-state index >= 15 is 0 Å². The predicted molar refractivity (Wildman–Crippen MR) is 77.6 cm³/mol. The van der Waals surface area contributed by atoms with Crippen molar-refractivity contribution in [2.75, 3.05) is 0 Å². The Morgan fingerprint density at radius 3 is 2.63 bits per heavy atom. The molecule has 0 aliphatic carbocycles. The van der Waals surface area contributed by atoms with Crippen molar-refractivity contribution < 1.29 is 9.53 Å². The van der Waals surface area contributed by atoms with Gasteiger partial charge in [-0.05, 0) is 30.3 Å². The number of halogens is 2. The summed E-state index contributed by atoms with van der Waals surface area (Å²) in [6, 6.07) is 12.0. The summed E-state index contributed by atoms with van der Waals surface area (Å²) in [7, 11) is 0. The molecular weight excluding hydrogens is 283 g/mol. The molecule has 98 valence electrons. The van der Waals surface area contributed by atoms with E-state index in [1.807, 2.05) is 6.92 Å². The Kier molecular flexibility index (Phi) is 4.46. The first kappa shape index (κ1) is 13.9. The minimum Gasteiger partial charge on any atom is -0.456 e. The summed E-state index contributed by atoms with van der Waals surface area (Å²) in [5.41, 5.74) is 0.630. The SMILES string of the molecule is CCC(=O)c1cccc(Oc2ccc(Cl)cc2Cl)c1. The highest BCUT2D eigenvalue weighted by molar-refractivity contribution is 6.35. The zero-order valence-corrected chi connectivity index (χ0v) is 11.8. The van der Waals surface area contributed by atoms with Gasteiger partial charge < -0.3 is 4.74 Å². The number of hydrogen-bond acceptors (Lipinski definition) is 2. The zero-order valence-electron chi connectivity index (χ0n) is 10.3. The quantitative estimate of drug-likeness (QED) is 0.708. The first-order valence-corrected chi connectivity index (χ1v) is 6.62. The van der Waals surface area contributed by atoms with Gasteiger partial charge in [0.25, 0.3) is 0 Å². The van der Waals surface area contributed by atoms with Crippen molar-refractivity contribution in [3.63, 3.8) is 0 Å². The fourth-order valence-corrected chi connectivity index (χ4v) is 2.07. The van der Waals surface area contributed by atoms with Crippen LogP contribution in [-0.4, -0.2) is 5.78 Å². The molecule has 0 saturated carbocycles. The average molecular weight is 295 g/mol. The molecule has 4 heteroatoms. The lowest BCUT2D eigenvalue weighted by molar-refractivity contribution is 0.0988. The molecule has 0 radical (unpaired) electrons. The van der Waals surface area contributed by atoms with Gasteiger partial charge in [-0.2, -0.15) is 0 Å². The lowest BCUT2D eigenvalue weighted by atomic mass is 10.1. The fraction of sp³-hybridized carbons (Fsp3) is 0.133. The van der Waals surface area contributed by atoms with E-state index in [0.29, 0.717) is 33.5 Å². The van der Waals surface area contributed by atoms with Crippen LogP contribution in [0.3, 0.4) is 0 Å². The molecule has 0 aromatic heterocycles. The summed E-state index contributed by atoms with van der Waals surface area (Å²) in [5.74, 6) is 1.16. The standard InChI is InChI=1S/C15H12Cl2O2/c1-2-14(18)10-4-3-5-12(8-10)19-15-7-6-11(16)9-13(15)17/h3-9H,2H2,1H3. The second kappa shape index (κ2) is 6.09. The van der Waals surface area contributed by atoms with E-state index in [4.69, 9.17) is 27.9 Å². The Morgan fingerprint density at radius 1 is 1.16 bits per heavy atom. The van der Waals surface area contributed by atoms with E-state index in [1.54, 1.807) is 42.5 Å². The molecule has 19 heavy (non-hydrogen) atoms. The van der Waals surface area contributed by atoms with Crippen molar-refractivity contribution in [3.8, 4) is 11.5 Å². The van der Waals surface area contributed by atoms with Crippen molar-refractivity contribution >= 4 is 29.0 Å². The summed E-state index contributed by atoms with van der Waals surface area (Å²) in [4.78, 5) is 11.6. The molecule has 0 N–H and O–H groups in total. The van der Waals surface area contributed by atoms with Crippen molar-refractivity contribution in [1.29, 1.82) is 0 Å². The normalized spacial score (nSPS) is 10.3. The first-order valence-electron chi connectivity index (χ1n) is 5.86. The van der Waals surface area contributed by atoms with Crippen LogP contribution in [0.2, 0.25) is 10.0 Å². The summed E-state index contributed by atoms with van der Waals surface area (Å²) >= 11 is 11.9. The molecule has 2 nitrogen and oxygen atoms in total. The van der Waals surface area contributed by atoms with Gasteiger partial charge in [-0.3, -0.25) is 4.79 Å². The maximum atomic E-state index is 11.6. The molecule has 0 unspecified atom stereocenters. The maximum absolute atomic E-state index is 11.6. The van der Waals surface area contributed by atoms with Crippen LogP contribution in [0.4, 0.5) is 0 Å². The molecule has 0 saturated heterocycles. The molecule has 0 amide bonds. The molecule has 0 bridgehead atoms. The van der Waals surface area contributed by atoms with Crippen LogP contribution >= 0.6 is 23.2 Å². The van der Waals surface area contributed by atoms with Crippen LogP contribution in [0.1, 0.15) is 23.7 Å². The van der Waals surface area contributed by atoms with Crippen molar-refractivity contribution in [2.45, 2.75) is 13.3 Å². The number of ketones is 1. The van der Waals surface area contributed by atoms with E-state index in [9.17, 15) is 4.79 Å². The number of hydrogen-bond donors (Lipinski definition) is 0. The Balaban J connectivity index is 2.26. The van der Waals surface area contributed by atoms with Gasteiger partial charge in [0.15, 0.2) is 5.78 Å². The molecule has 0 heterocycles. The Labute approximate surface area is 121 Å². The number of rotatable bonds is 4. The van der Waals surface area contributed by atoms with Gasteiger partial charge in [0.1, 0.15) is 11.5 Å². The van der Waals surface area contributed by atoms with E-state index in [1.165, 1.54) is 0 Å². The molecule has 0 aliphatic rings. The fourth-order valence-electron chi connectivity index (χ4n) is 1.62. The minimum atomic E-state index is 0.0765. The van der Waals surface area contributed by atoms with Gasteiger partial charge in [-0.25, -0.2) is 0 Å². The number of carbonyl (C=O) groups excluding carboxylic acids is 1. The third kappa shape index (κ3) is 3.49. The molecule has 0 spiro atoms. The summed E-state index contributed by atoms with van der Waals surface area (Å²) < 4.78 is 5.66. The largest absolute Gasteiger partial charge is 0.456 e. The number of ether oxygens (including phenoxy) is 1. The predicted octanol–water partition coefficient (Wildman–Crippen LogP) is 5.38. The van der Waals surface area contributed by atoms with E-state index < -0.39 is 0 Å². The van der Waals surface area contributed by atoms with E-state index in [-0.39, 0.29) is 5.78 Å². The summed E-state index contributed by atoms with van der Waals surface area (Å²) in [5, 5.41) is 0.979. The maximum Gasteiger partial charge on any atom is 0.162 e. The third-order valence-electron chi connectivity index (χ3n) is 2.60. The molecular formula is C15H12Cl2O2. The smallest absolute Gasteiger partial charge is 0.162 e. The van der Waals surface area contributed by atoms with Gasteiger partial charge in [-0.15, -0.1) is 0 Å². The highest BCUT2D eigenvalue weighted by Crippen LogP contribution is 2.31. The Bertz CT molecular complexity index is 609. The highest BCUT2D eigenvalue weighted by atomic mass is 35.5. The first-order chi connectivity index (χ1) is 9.10. The van der Waals surface area contributed by atoms with E-state index in [2.05, 4.69) is 0 Å². The minimum absolute atomic E-state index is 0.0765. The van der Waals surface area contributed by atoms with Crippen LogP contribution in [0.15, 0.2) is 42.5 Å². The Morgan fingerprint density at radius 2 is 1.95 bits per heavy atom. The number of benzene rings is 2. The van der Waals surface area contributed by atoms with Gasteiger partial charge in [0.05, 0.1) is 5.02 Å². The van der Waals surface area contributed by atoms with Gasteiger partial charge in [0.2, 0.25) is 0 Å². The molecule has 0 aliphatic heterocycles. The van der Waals surface area contributed by atoms with Crippen molar-refractivity contribution in [1.82, 2.24) is 0 Å². The third-order valence-corrected chi connectivity index (χ3v) is 3.13. The molecule has 0 atom stereocenters. The molecule has 2 aromatic rings. The lowest BCUT2D eigenvalue weighted by Gasteiger charge is -2.08. The topological polar surface area (TPSA) is 26.3 Å². The van der Waals surface area contributed by atoms with E-state index in [0.717, 1.165) is 0 Å². The average Bonchev–Trinajstić information content (AvgIpc) is 2.41. The second-order valence-corrected chi connectivity index (χ2v) is 4.83. The highest BCUT2D eigenvalue weighted by Gasteiger charge is 2.07. The Hall–Kier alpha value is -1.51. The molecule has 2 rings (SSSR count). The van der Waals surface area contributed by atoms with Crippen LogP contribution < -0.4 is 4.74 Å². The summed E-state index contributed by atoms with van der Waals surface area (Å²) in [6.45, 7) is 1.83. The summed E-state index contributed by atoms with van der Waals surface area (Å²) in [6.07, 6.45) is 0.463. The van der Waals surface area contributed by atoms with Crippen LogP contribution in [0.25, 0.3) is 0 Å². The van der Waals surface area contributed by atoms with Gasteiger partial charge >= 0.3 is 0 Å². The lowest BCUT2D eigenvalue weighted by Crippen LogP contribution is -1.96. The number of Topliss-reactive ketones (excluding diaryl/α,β-unsaturated/α-hetero) is 1. The molecule has 2 aromatic carbocycles. The van der Waals surface area contributed by atoms with Gasteiger partial charge in [-0.1, -0.05) is 42.3 Å². The van der Waals surface area contributed by atoms with Crippen molar-refractivity contribution in [3.05, 3.63) is 58.1 Å². The van der Waals surface area contributed by atoms with Crippen LogP contribution in [0, 0.1) is 0 Å². The second-order valence-electron chi connectivity index (χ2n) is 3.98. The van der Waals surface area contributed by atoms with Crippen LogP contribution in [0.5, 0.6) is 11.5 Å². The zero-order chi connectivity index (χ0) is 13.8. The molecule has 0 fully saturated rings.